The van der Waals surface area contributed by atoms with Crippen LogP contribution < -0.4 is 15.8 Å². The highest BCUT2D eigenvalue weighted by atomic mass is 32.2. The lowest BCUT2D eigenvalue weighted by atomic mass is 10.1. The van der Waals surface area contributed by atoms with E-state index in [1.807, 2.05) is 0 Å². The van der Waals surface area contributed by atoms with Crippen LogP contribution in [0.3, 0.4) is 0 Å². The highest BCUT2D eigenvalue weighted by molar-refractivity contribution is 7.91. The molecule has 12 heteroatoms. The zero-order chi connectivity index (χ0) is 34.3. The maximum absolute atomic E-state index is 14.1. The number of carbonyl (C=O) groups is 3. The Morgan fingerprint density at radius 2 is 1.79 bits per heavy atom. The molecule has 2 amide bonds. The Balaban J connectivity index is 1.38. The van der Waals surface area contributed by atoms with Crippen molar-refractivity contribution >= 4 is 50.2 Å². The van der Waals surface area contributed by atoms with Crippen LogP contribution in [0.15, 0.2) is 76.7 Å². The van der Waals surface area contributed by atoms with Crippen LogP contribution in [0.5, 0.6) is 5.75 Å². The molecule has 252 valence electrons. The first-order valence-corrected chi connectivity index (χ1v) is 17.4. The number of pyridine rings is 1. The van der Waals surface area contributed by atoms with E-state index in [0.717, 1.165) is 25.5 Å². The second-order valence-corrected chi connectivity index (χ2v) is 13.8. The van der Waals surface area contributed by atoms with Crippen molar-refractivity contribution in [1.29, 1.82) is 0 Å². The van der Waals surface area contributed by atoms with Crippen molar-refractivity contribution in [3.05, 3.63) is 83.6 Å². The Bertz CT molecular complexity index is 1920. The predicted octanol–water partition coefficient (Wildman–Crippen LogP) is 5.61. The van der Waals surface area contributed by atoms with Gasteiger partial charge in [0.1, 0.15) is 12.0 Å². The minimum Gasteiger partial charge on any atom is -0.497 e. The van der Waals surface area contributed by atoms with Gasteiger partial charge < -0.3 is 30.2 Å². The highest BCUT2D eigenvalue weighted by Crippen LogP contribution is 2.35. The molecule has 0 bridgehead atoms. The maximum atomic E-state index is 14.1. The van der Waals surface area contributed by atoms with Crippen LogP contribution in [-0.2, 0) is 19.4 Å². The number of amides is 2. The number of unbranched alkanes of at least 4 members (excludes halogenated alkanes) is 3. The van der Waals surface area contributed by atoms with Gasteiger partial charge in [-0.3, -0.25) is 14.6 Å². The van der Waals surface area contributed by atoms with Gasteiger partial charge in [-0.25, -0.2) is 8.42 Å². The van der Waals surface area contributed by atoms with Crippen molar-refractivity contribution in [2.45, 2.75) is 61.3 Å². The number of hydrogen-bond donors (Lipinski definition) is 2. The number of rotatable bonds is 14. The van der Waals surface area contributed by atoms with E-state index in [-0.39, 0.29) is 32.9 Å². The molecule has 0 radical (unpaired) electrons. The molecule has 0 spiro atoms. The number of aldehydes is 1. The summed E-state index contributed by atoms with van der Waals surface area (Å²) in [7, 11) is -2.56. The number of methoxy groups -OCH3 is 1. The van der Waals surface area contributed by atoms with Crippen molar-refractivity contribution in [3.63, 3.8) is 0 Å². The van der Waals surface area contributed by atoms with Gasteiger partial charge in [-0.2, -0.15) is 0 Å². The number of piperidine rings is 1. The smallest absolute Gasteiger partial charge is 0.253 e. The molecule has 1 fully saturated rings. The van der Waals surface area contributed by atoms with Crippen LogP contribution in [0.4, 0.5) is 11.4 Å². The van der Waals surface area contributed by atoms with Crippen molar-refractivity contribution in [3.8, 4) is 5.75 Å². The molecule has 1 aromatic heterocycles. The van der Waals surface area contributed by atoms with Crippen LogP contribution in [-0.4, -0.2) is 69.3 Å². The second kappa shape index (κ2) is 15.4. The monoisotopic (exact) mass is 672 g/mol. The number of nitrogens with two attached hydrogens (primary N) is 1. The Morgan fingerprint density at radius 1 is 1.02 bits per heavy atom. The minimum atomic E-state index is -4.10. The fraction of sp³-hybridized carbons (Fsp3) is 0.333. The maximum Gasteiger partial charge on any atom is 0.253 e. The first kappa shape index (κ1) is 34.5. The third-order valence-corrected chi connectivity index (χ3v) is 10.2. The first-order valence-electron chi connectivity index (χ1n) is 16.0. The fourth-order valence-electron chi connectivity index (χ4n) is 5.87. The molecule has 4 aromatic rings. The molecule has 1 saturated heterocycles. The highest BCUT2D eigenvalue weighted by Gasteiger charge is 2.27. The number of carbonyl (C=O) groups excluding carboxylic acids is 3. The summed E-state index contributed by atoms with van der Waals surface area (Å²) in [6, 6.07) is 16.1. The number of fused-ring (bicyclic) bond motifs is 1. The van der Waals surface area contributed by atoms with E-state index >= 15 is 0 Å². The molecule has 1 aliphatic heterocycles. The summed E-state index contributed by atoms with van der Waals surface area (Å²) in [6.45, 7) is 3.39. The Hall–Kier alpha value is -4.81. The second-order valence-electron chi connectivity index (χ2n) is 11.8. The molecule has 1 aliphatic rings. The number of sulfone groups is 1. The zero-order valence-corrected chi connectivity index (χ0v) is 27.9. The summed E-state index contributed by atoms with van der Waals surface area (Å²) in [5.74, 6) is -0.383. The van der Waals surface area contributed by atoms with Crippen LogP contribution in [0.1, 0.15) is 64.8 Å². The molecule has 2 heterocycles. The zero-order valence-electron chi connectivity index (χ0n) is 27.1. The largest absolute Gasteiger partial charge is 0.497 e. The SMILES string of the molecule is COc1cccc(Nc2c(C(N)=O)cnc3c(C)cc(S(=O)(=O)c4cccc(C(=O)N5CCC(OCCCCCC=O)CC5)c4)cc23)c1. The average molecular weight is 673 g/mol. The number of nitrogens with zero attached hydrogens (tertiary/aromatic N) is 2. The number of nitrogens with one attached hydrogen (secondary N) is 1. The third kappa shape index (κ3) is 7.83. The van der Waals surface area contributed by atoms with Gasteiger partial charge in [0.25, 0.3) is 11.8 Å². The summed E-state index contributed by atoms with van der Waals surface area (Å²) in [5.41, 5.74) is 8.07. The van der Waals surface area contributed by atoms with Crippen molar-refractivity contribution in [2.75, 3.05) is 32.1 Å². The summed E-state index contributed by atoms with van der Waals surface area (Å²) in [4.78, 5) is 42.5. The van der Waals surface area contributed by atoms with E-state index in [0.29, 0.717) is 72.5 Å². The van der Waals surface area contributed by atoms with E-state index in [4.69, 9.17) is 15.2 Å². The molecular weight excluding hydrogens is 632 g/mol. The van der Waals surface area contributed by atoms with Crippen LogP contribution in [0, 0.1) is 6.92 Å². The van der Waals surface area contributed by atoms with E-state index < -0.39 is 15.7 Å². The van der Waals surface area contributed by atoms with E-state index in [1.165, 1.54) is 30.5 Å². The van der Waals surface area contributed by atoms with E-state index in [1.54, 1.807) is 55.3 Å². The molecule has 3 aromatic carbocycles. The van der Waals surface area contributed by atoms with Gasteiger partial charge >= 0.3 is 0 Å². The molecule has 5 rings (SSSR count). The number of anilines is 2. The third-order valence-electron chi connectivity index (χ3n) is 8.49. The number of ether oxygens (including phenoxy) is 2. The topological polar surface area (TPSA) is 158 Å². The quantitative estimate of drug-likeness (QED) is 0.128. The number of aryl methyl sites for hydroxylation is 1. The number of aromatic nitrogens is 1. The van der Waals surface area contributed by atoms with Gasteiger partial charge in [0.15, 0.2) is 0 Å². The summed E-state index contributed by atoms with van der Waals surface area (Å²) in [5, 5.41) is 3.61. The molecule has 48 heavy (non-hydrogen) atoms. The van der Waals surface area contributed by atoms with Gasteiger partial charge in [0.2, 0.25) is 9.84 Å². The summed E-state index contributed by atoms with van der Waals surface area (Å²) >= 11 is 0. The lowest BCUT2D eigenvalue weighted by molar-refractivity contribution is -0.108. The van der Waals surface area contributed by atoms with Crippen LogP contribution >= 0.6 is 0 Å². The molecule has 0 aliphatic carbocycles. The summed E-state index contributed by atoms with van der Waals surface area (Å²) < 4.78 is 39.4. The molecule has 0 saturated carbocycles. The van der Waals surface area contributed by atoms with Gasteiger partial charge in [0, 0.05) is 55.0 Å². The Morgan fingerprint density at radius 3 is 2.52 bits per heavy atom. The van der Waals surface area contributed by atoms with E-state index in [2.05, 4.69) is 10.3 Å². The van der Waals surface area contributed by atoms with Crippen molar-refractivity contribution in [2.24, 2.45) is 5.73 Å². The Kier molecular flexibility index (Phi) is 11.1. The van der Waals surface area contributed by atoms with E-state index in [9.17, 15) is 22.8 Å². The first-order chi connectivity index (χ1) is 23.1. The molecule has 0 atom stereocenters. The number of hydrogen-bond acceptors (Lipinski definition) is 9. The molecule has 0 unspecified atom stereocenters. The van der Waals surface area contributed by atoms with Crippen LogP contribution in [0.25, 0.3) is 10.9 Å². The fourth-order valence-corrected chi connectivity index (χ4v) is 7.28. The van der Waals surface area contributed by atoms with Gasteiger partial charge in [-0.1, -0.05) is 18.6 Å². The van der Waals surface area contributed by atoms with Gasteiger partial charge in [-0.15, -0.1) is 0 Å². The van der Waals surface area contributed by atoms with Crippen LogP contribution in [0.2, 0.25) is 0 Å². The van der Waals surface area contributed by atoms with Crippen molar-refractivity contribution < 1.29 is 32.3 Å². The normalized spacial score (nSPS) is 13.8. The van der Waals surface area contributed by atoms with Gasteiger partial charge in [-0.05, 0) is 80.6 Å². The molecule has 3 N–H and O–H groups in total. The standard InChI is InChI=1S/C36H40N4O7S/c1-24-19-30(22-31-33(24)38-23-32(35(37)42)34(31)39-26-10-8-11-28(21-26)46-2)48(44,45)29-12-7-9-25(20-29)36(43)40-15-13-27(14-16-40)47-18-6-4-3-5-17-41/h7-12,17,19-23,27H,3-6,13-16,18H2,1-2H3,(H2,37,42)(H,38,39). The number of likely N-dealkylation sites (tertiary alicyclic amines) is 1. The number of primary amides is 1. The lowest BCUT2D eigenvalue weighted by Gasteiger charge is -2.32. The lowest BCUT2D eigenvalue weighted by Crippen LogP contribution is -2.41. The minimum absolute atomic E-state index is 0.0154. The average Bonchev–Trinajstić information content (AvgIpc) is 3.10. The Labute approximate surface area is 280 Å². The predicted molar refractivity (Wildman–Crippen MR) is 183 cm³/mol. The molecular formula is C36H40N4O7S. The molecule has 11 nitrogen and oxygen atoms in total. The van der Waals surface area contributed by atoms with Gasteiger partial charge in [0.05, 0.1) is 39.8 Å². The number of benzene rings is 3. The summed E-state index contributed by atoms with van der Waals surface area (Å²) in [6.07, 6.45) is 7.04. The van der Waals surface area contributed by atoms with Crippen molar-refractivity contribution in [1.82, 2.24) is 9.88 Å².